The second-order valence-electron chi connectivity index (χ2n) is 7.00. The van der Waals surface area contributed by atoms with Gasteiger partial charge in [0, 0.05) is 38.3 Å². The van der Waals surface area contributed by atoms with Gasteiger partial charge in [0.2, 0.25) is 0 Å². The molecule has 0 N–H and O–H groups in total. The van der Waals surface area contributed by atoms with E-state index in [1.807, 2.05) is 35.2 Å². The van der Waals surface area contributed by atoms with Crippen molar-refractivity contribution in [3.8, 4) is 0 Å². The van der Waals surface area contributed by atoms with E-state index < -0.39 is 0 Å². The fourth-order valence-corrected chi connectivity index (χ4v) is 4.33. The van der Waals surface area contributed by atoms with E-state index in [9.17, 15) is 4.79 Å². The van der Waals surface area contributed by atoms with Crippen LogP contribution in [0.15, 0.2) is 42.5 Å². The van der Waals surface area contributed by atoms with E-state index in [0.29, 0.717) is 0 Å². The Labute approximate surface area is 132 Å². The van der Waals surface area contributed by atoms with Gasteiger partial charge in [-0.3, -0.25) is 9.69 Å². The average Bonchev–Trinajstić information content (AvgIpc) is 3.19. The second kappa shape index (κ2) is 5.88. The highest BCUT2D eigenvalue weighted by Gasteiger charge is 2.36. The zero-order valence-corrected chi connectivity index (χ0v) is 13.0. The lowest BCUT2D eigenvalue weighted by Crippen LogP contribution is -2.50. The van der Waals surface area contributed by atoms with Crippen molar-refractivity contribution in [2.24, 2.45) is 17.8 Å². The molecule has 3 aliphatic rings. The summed E-state index contributed by atoms with van der Waals surface area (Å²) in [4.78, 5) is 17.0. The van der Waals surface area contributed by atoms with Gasteiger partial charge in [-0.2, -0.15) is 0 Å². The Balaban J connectivity index is 1.29. The monoisotopic (exact) mass is 296 g/mol. The van der Waals surface area contributed by atoms with E-state index in [1.165, 1.54) is 19.4 Å². The minimum Gasteiger partial charge on any atom is -0.336 e. The number of hydrogen-bond donors (Lipinski definition) is 0. The third kappa shape index (κ3) is 2.70. The first-order chi connectivity index (χ1) is 10.8. The summed E-state index contributed by atoms with van der Waals surface area (Å²) in [6, 6.07) is 9.66. The minimum absolute atomic E-state index is 0.183. The lowest BCUT2D eigenvalue weighted by molar-refractivity contribution is 0.0610. The van der Waals surface area contributed by atoms with Gasteiger partial charge in [-0.15, -0.1) is 0 Å². The number of amides is 1. The number of fused-ring (bicyclic) bond motifs is 2. The quantitative estimate of drug-likeness (QED) is 0.801. The van der Waals surface area contributed by atoms with Crippen LogP contribution in [0.5, 0.6) is 0 Å². The van der Waals surface area contributed by atoms with E-state index in [-0.39, 0.29) is 5.91 Å². The van der Waals surface area contributed by atoms with Crippen molar-refractivity contribution in [3.63, 3.8) is 0 Å². The average molecular weight is 296 g/mol. The zero-order valence-electron chi connectivity index (χ0n) is 13.0. The number of benzene rings is 1. The molecule has 22 heavy (non-hydrogen) atoms. The number of piperazine rings is 1. The van der Waals surface area contributed by atoms with Crippen LogP contribution >= 0.6 is 0 Å². The van der Waals surface area contributed by atoms with Gasteiger partial charge >= 0.3 is 0 Å². The summed E-state index contributed by atoms with van der Waals surface area (Å²) in [5.74, 6) is 2.72. The Morgan fingerprint density at radius 3 is 2.41 bits per heavy atom. The normalized spacial score (nSPS) is 30.9. The van der Waals surface area contributed by atoms with Crippen LogP contribution in [-0.4, -0.2) is 48.4 Å². The number of hydrogen-bond acceptors (Lipinski definition) is 2. The SMILES string of the molecule is O=C(c1ccccc1)N1CCN(CC2CC3C=CC2C3)CC1. The molecule has 1 aromatic carbocycles. The molecule has 1 aromatic rings. The molecule has 3 nitrogen and oxygen atoms in total. The second-order valence-corrected chi connectivity index (χ2v) is 7.00. The molecule has 4 rings (SSSR count). The summed E-state index contributed by atoms with van der Waals surface area (Å²) in [5, 5.41) is 0. The molecule has 2 bridgehead atoms. The summed E-state index contributed by atoms with van der Waals surface area (Å²) in [5.41, 5.74) is 0.814. The molecular weight excluding hydrogens is 272 g/mol. The van der Waals surface area contributed by atoms with Gasteiger partial charge in [0.15, 0.2) is 0 Å². The number of carbonyl (C=O) groups is 1. The third-order valence-corrected chi connectivity index (χ3v) is 5.59. The number of nitrogens with zero attached hydrogens (tertiary/aromatic N) is 2. The van der Waals surface area contributed by atoms with Gasteiger partial charge in [0.25, 0.3) is 5.91 Å². The van der Waals surface area contributed by atoms with Crippen LogP contribution in [0, 0.1) is 17.8 Å². The van der Waals surface area contributed by atoms with Gasteiger partial charge in [0.1, 0.15) is 0 Å². The molecule has 1 aliphatic heterocycles. The molecule has 0 spiro atoms. The topological polar surface area (TPSA) is 23.6 Å². The predicted molar refractivity (Wildman–Crippen MR) is 87.6 cm³/mol. The highest BCUT2D eigenvalue weighted by Crippen LogP contribution is 2.43. The lowest BCUT2D eigenvalue weighted by Gasteiger charge is -2.37. The first kappa shape index (κ1) is 14.0. The van der Waals surface area contributed by atoms with Crippen LogP contribution in [0.3, 0.4) is 0 Å². The van der Waals surface area contributed by atoms with Crippen LogP contribution in [-0.2, 0) is 0 Å². The maximum atomic E-state index is 12.5. The number of carbonyl (C=O) groups excluding carboxylic acids is 1. The minimum atomic E-state index is 0.183. The summed E-state index contributed by atoms with van der Waals surface area (Å²) < 4.78 is 0. The summed E-state index contributed by atoms with van der Waals surface area (Å²) in [6.07, 6.45) is 7.62. The van der Waals surface area contributed by atoms with Crippen molar-refractivity contribution in [1.29, 1.82) is 0 Å². The summed E-state index contributed by atoms with van der Waals surface area (Å²) >= 11 is 0. The van der Waals surface area contributed by atoms with Crippen molar-refractivity contribution < 1.29 is 4.79 Å². The van der Waals surface area contributed by atoms with Crippen LogP contribution in [0.25, 0.3) is 0 Å². The lowest BCUT2D eigenvalue weighted by atomic mass is 9.93. The van der Waals surface area contributed by atoms with Crippen LogP contribution < -0.4 is 0 Å². The smallest absolute Gasteiger partial charge is 0.253 e. The molecule has 1 heterocycles. The van der Waals surface area contributed by atoms with Gasteiger partial charge < -0.3 is 4.90 Å². The first-order valence-electron chi connectivity index (χ1n) is 8.54. The third-order valence-electron chi connectivity index (χ3n) is 5.59. The number of allylic oxidation sites excluding steroid dienone is 2. The van der Waals surface area contributed by atoms with Gasteiger partial charge in [-0.1, -0.05) is 30.4 Å². The summed E-state index contributed by atoms with van der Waals surface area (Å²) in [6.45, 7) is 5.00. The summed E-state index contributed by atoms with van der Waals surface area (Å²) in [7, 11) is 0. The van der Waals surface area contributed by atoms with E-state index in [2.05, 4.69) is 17.1 Å². The largest absolute Gasteiger partial charge is 0.336 e. The standard InChI is InChI=1S/C19H24N2O/c22-19(16-4-2-1-3-5-16)21-10-8-20(9-11-21)14-18-13-15-6-7-17(18)12-15/h1-7,15,17-18H,8-14H2. The van der Waals surface area contributed by atoms with Crippen molar-refractivity contribution in [1.82, 2.24) is 9.80 Å². The fourth-order valence-electron chi connectivity index (χ4n) is 4.33. The molecule has 0 aromatic heterocycles. The fraction of sp³-hybridized carbons (Fsp3) is 0.526. The van der Waals surface area contributed by atoms with E-state index in [0.717, 1.165) is 49.5 Å². The predicted octanol–water partition coefficient (Wildman–Crippen LogP) is 2.66. The molecule has 1 saturated heterocycles. The molecule has 3 unspecified atom stereocenters. The number of rotatable bonds is 3. The molecular formula is C19H24N2O. The van der Waals surface area contributed by atoms with Gasteiger partial charge in [-0.05, 0) is 42.7 Å². The Morgan fingerprint density at radius 1 is 1.00 bits per heavy atom. The molecule has 1 amide bonds. The van der Waals surface area contributed by atoms with Gasteiger partial charge in [0.05, 0.1) is 0 Å². The van der Waals surface area contributed by atoms with Crippen molar-refractivity contribution in [2.75, 3.05) is 32.7 Å². The molecule has 3 heteroatoms. The zero-order chi connectivity index (χ0) is 14.9. The van der Waals surface area contributed by atoms with Crippen LogP contribution in [0.4, 0.5) is 0 Å². The first-order valence-corrected chi connectivity index (χ1v) is 8.54. The molecule has 116 valence electrons. The Bertz CT molecular complexity index is 560. The van der Waals surface area contributed by atoms with E-state index in [4.69, 9.17) is 0 Å². The molecule has 1 saturated carbocycles. The maximum absolute atomic E-state index is 12.5. The highest BCUT2D eigenvalue weighted by atomic mass is 16.2. The van der Waals surface area contributed by atoms with Gasteiger partial charge in [-0.25, -0.2) is 0 Å². The molecule has 3 atom stereocenters. The molecule has 0 radical (unpaired) electrons. The Hall–Kier alpha value is -1.61. The van der Waals surface area contributed by atoms with E-state index >= 15 is 0 Å². The Morgan fingerprint density at radius 2 is 1.77 bits per heavy atom. The van der Waals surface area contributed by atoms with Crippen molar-refractivity contribution >= 4 is 5.91 Å². The van der Waals surface area contributed by atoms with Crippen LogP contribution in [0.2, 0.25) is 0 Å². The molecule has 2 fully saturated rings. The Kier molecular flexibility index (Phi) is 3.75. The van der Waals surface area contributed by atoms with Crippen molar-refractivity contribution in [3.05, 3.63) is 48.0 Å². The van der Waals surface area contributed by atoms with Crippen LogP contribution in [0.1, 0.15) is 23.2 Å². The van der Waals surface area contributed by atoms with Crippen molar-refractivity contribution in [2.45, 2.75) is 12.8 Å². The maximum Gasteiger partial charge on any atom is 0.253 e. The molecule has 2 aliphatic carbocycles. The highest BCUT2D eigenvalue weighted by molar-refractivity contribution is 5.94. The van der Waals surface area contributed by atoms with E-state index in [1.54, 1.807) is 0 Å².